The lowest BCUT2D eigenvalue weighted by atomic mass is 10.1. The predicted octanol–water partition coefficient (Wildman–Crippen LogP) is 2.70. The third-order valence-electron chi connectivity index (χ3n) is 3.12. The van der Waals surface area contributed by atoms with Gasteiger partial charge in [-0.25, -0.2) is 8.78 Å². The van der Waals surface area contributed by atoms with E-state index in [9.17, 15) is 8.78 Å². The van der Waals surface area contributed by atoms with Crippen molar-refractivity contribution >= 4 is 0 Å². The average Bonchev–Trinajstić information content (AvgIpc) is 3.03. The molecule has 0 bridgehead atoms. The van der Waals surface area contributed by atoms with Crippen molar-refractivity contribution in [2.45, 2.75) is 19.4 Å². The Morgan fingerprint density at radius 1 is 1.41 bits per heavy atom. The summed E-state index contributed by atoms with van der Waals surface area (Å²) >= 11 is 0. The van der Waals surface area contributed by atoms with E-state index in [0.29, 0.717) is 18.7 Å². The molecule has 0 amide bonds. The van der Waals surface area contributed by atoms with Crippen LogP contribution in [0.2, 0.25) is 0 Å². The fourth-order valence-electron chi connectivity index (χ4n) is 1.97. The van der Waals surface area contributed by atoms with Crippen molar-refractivity contribution in [1.29, 1.82) is 5.26 Å². The van der Waals surface area contributed by atoms with Gasteiger partial charge in [0.25, 0.3) is 0 Å². The summed E-state index contributed by atoms with van der Waals surface area (Å²) in [5.41, 5.74) is 0.230. The Bertz CT molecular complexity index is 461. The van der Waals surface area contributed by atoms with Crippen LogP contribution in [0, 0.1) is 28.4 Å². The van der Waals surface area contributed by atoms with Gasteiger partial charge in [-0.2, -0.15) is 5.26 Å². The Morgan fingerprint density at radius 3 is 2.65 bits per heavy atom. The lowest BCUT2D eigenvalue weighted by molar-refractivity contribution is 0.282. The summed E-state index contributed by atoms with van der Waals surface area (Å²) in [4.78, 5) is 1.91. The minimum atomic E-state index is -0.565. The van der Waals surface area contributed by atoms with E-state index in [0.717, 1.165) is 18.9 Å². The van der Waals surface area contributed by atoms with Crippen LogP contribution in [0.25, 0.3) is 0 Å². The van der Waals surface area contributed by atoms with Gasteiger partial charge in [-0.15, -0.1) is 0 Å². The van der Waals surface area contributed by atoms with Gasteiger partial charge < -0.3 is 4.90 Å². The Balaban J connectivity index is 1.99. The first-order chi connectivity index (χ1) is 8.04. The SMILES string of the molecule is CN(Cc1ccc(F)cc1F)CC1(C#N)CC1. The van der Waals surface area contributed by atoms with Gasteiger partial charge >= 0.3 is 0 Å². The van der Waals surface area contributed by atoms with Crippen LogP contribution in [0.5, 0.6) is 0 Å². The number of nitrogens with zero attached hydrogens (tertiary/aromatic N) is 2. The lowest BCUT2D eigenvalue weighted by Gasteiger charge is -2.19. The molecule has 0 aliphatic heterocycles. The van der Waals surface area contributed by atoms with E-state index in [1.54, 1.807) is 0 Å². The van der Waals surface area contributed by atoms with E-state index in [2.05, 4.69) is 6.07 Å². The molecule has 2 rings (SSSR count). The van der Waals surface area contributed by atoms with Crippen LogP contribution in [-0.2, 0) is 6.54 Å². The summed E-state index contributed by atoms with van der Waals surface area (Å²) in [7, 11) is 1.85. The van der Waals surface area contributed by atoms with Gasteiger partial charge in [-0.05, 0) is 26.0 Å². The highest BCUT2D eigenvalue weighted by Gasteiger charge is 2.43. The minimum absolute atomic E-state index is 0.231. The molecule has 1 aliphatic carbocycles. The van der Waals surface area contributed by atoms with Crippen LogP contribution in [0.15, 0.2) is 18.2 Å². The Hall–Kier alpha value is -1.47. The predicted molar refractivity (Wildman–Crippen MR) is 60.0 cm³/mol. The second-order valence-corrected chi connectivity index (χ2v) is 4.80. The third kappa shape index (κ3) is 2.80. The molecule has 0 aromatic heterocycles. The molecule has 1 aliphatic rings. The monoisotopic (exact) mass is 236 g/mol. The summed E-state index contributed by atoms with van der Waals surface area (Å²) in [5, 5.41) is 8.96. The molecule has 17 heavy (non-hydrogen) atoms. The standard InChI is InChI=1S/C13H14F2N2/c1-17(9-13(8-16)4-5-13)7-10-2-3-11(14)6-12(10)15/h2-3,6H,4-5,7,9H2,1H3. The van der Waals surface area contributed by atoms with E-state index in [1.165, 1.54) is 12.1 Å². The van der Waals surface area contributed by atoms with Crippen LogP contribution in [0.4, 0.5) is 8.78 Å². The molecule has 0 heterocycles. The summed E-state index contributed by atoms with van der Waals surface area (Å²) in [6.45, 7) is 1.04. The van der Waals surface area contributed by atoms with Crippen molar-refractivity contribution in [2.75, 3.05) is 13.6 Å². The van der Waals surface area contributed by atoms with Crippen LogP contribution in [-0.4, -0.2) is 18.5 Å². The van der Waals surface area contributed by atoms with Crippen LogP contribution in [0.1, 0.15) is 18.4 Å². The molecule has 0 unspecified atom stereocenters. The molecule has 1 fully saturated rings. The molecule has 2 nitrogen and oxygen atoms in total. The first-order valence-corrected chi connectivity index (χ1v) is 5.58. The number of rotatable bonds is 4. The summed E-state index contributed by atoms with van der Waals surface area (Å²) in [6.07, 6.45) is 1.83. The molecule has 1 saturated carbocycles. The Morgan fingerprint density at radius 2 is 2.12 bits per heavy atom. The minimum Gasteiger partial charge on any atom is -0.300 e. The summed E-state index contributed by atoms with van der Waals surface area (Å²) < 4.78 is 26.1. The Kier molecular flexibility index (Phi) is 3.12. The zero-order chi connectivity index (χ0) is 12.5. The highest BCUT2D eigenvalue weighted by atomic mass is 19.1. The van der Waals surface area contributed by atoms with Gasteiger partial charge in [0.2, 0.25) is 0 Å². The van der Waals surface area contributed by atoms with Gasteiger partial charge in [-0.3, -0.25) is 0 Å². The van der Waals surface area contributed by atoms with Crippen molar-refractivity contribution in [3.63, 3.8) is 0 Å². The summed E-state index contributed by atoms with van der Waals surface area (Å²) in [5.74, 6) is -1.09. The lowest BCUT2D eigenvalue weighted by Crippen LogP contribution is -2.26. The smallest absolute Gasteiger partial charge is 0.130 e. The number of hydrogen-bond donors (Lipinski definition) is 0. The van der Waals surface area contributed by atoms with Crippen LogP contribution >= 0.6 is 0 Å². The molecule has 0 radical (unpaired) electrons. The van der Waals surface area contributed by atoms with Gasteiger partial charge in [0.1, 0.15) is 11.6 Å². The average molecular weight is 236 g/mol. The molecule has 0 saturated heterocycles. The first-order valence-electron chi connectivity index (χ1n) is 5.58. The second-order valence-electron chi connectivity index (χ2n) is 4.80. The Labute approximate surface area is 99.5 Å². The zero-order valence-corrected chi connectivity index (χ0v) is 9.71. The van der Waals surface area contributed by atoms with E-state index in [4.69, 9.17) is 5.26 Å². The maximum Gasteiger partial charge on any atom is 0.130 e. The topological polar surface area (TPSA) is 27.0 Å². The molecule has 0 spiro atoms. The number of halogens is 2. The quantitative estimate of drug-likeness (QED) is 0.803. The first kappa shape index (κ1) is 12.0. The zero-order valence-electron chi connectivity index (χ0n) is 9.71. The number of benzene rings is 1. The normalized spacial score (nSPS) is 16.9. The maximum atomic E-state index is 13.4. The van der Waals surface area contributed by atoms with Crippen molar-refractivity contribution < 1.29 is 8.78 Å². The molecule has 90 valence electrons. The van der Waals surface area contributed by atoms with Crippen LogP contribution in [0.3, 0.4) is 0 Å². The van der Waals surface area contributed by atoms with E-state index < -0.39 is 11.6 Å². The van der Waals surface area contributed by atoms with E-state index in [-0.39, 0.29) is 5.41 Å². The van der Waals surface area contributed by atoms with Crippen molar-refractivity contribution in [2.24, 2.45) is 5.41 Å². The third-order valence-corrected chi connectivity index (χ3v) is 3.12. The van der Waals surface area contributed by atoms with Crippen molar-refractivity contribution in [3.05, 3.63) is 35.4 Å². The second kappa shape index (κ2) is 4.42. The molecule has 1 aromatic rings. The number of hydrogen-bond acceptors (Lipinski definition) is 2. The molecule has 4 heteroatoms. The van der Waals surface area contributed by atoms with Crippen LogP contribution < -0.4 is 0 Å². The van der Waals surface area contributed by atoms with E-state index >= 15 is 0 Å². The largest absolute Gasteiger partial charge is 0.300 e. The van der Waals surface area contributed by atoms with Crippen molar-refractivity contribution in [3.8, 4) is 6.07 Å². The highest BCUT2D eigenvalue weighted by Crippen LogP contribution is 2.45. The molecule has 0 N–H and O–H groups in total. The molecular formula is C13H14F2N2. The molecule has 1 aromatic carbocycles. The fourth-order valence-corrected chi connectivity index (χ4v) is 1.97. The highest BCUT2D eigenvalue weighted by molar-refractivity contribution is 5.19. The maximum absolute atomic E-state index is 13.4. The van der Waals surface area contributed by atoms with Gasteiger partial charge in [0, 0.05) is 24.7 Å². The fraction of sp³-hybridized carbons (Fsp3) is 0.462. The summed E-state index contributed by atoms with van der Waals surface area (Å²) in [6, 6.07) is 5.89. The van der Waals surface area contributed by atoms with Gasteiger partial charge in [-0.1, -0.05) is 6.07 Å². The molecule has 0 atom stereocenters. The van der Waals surface area contributed by atoms with E-state index in [1.807, 2.05) is 11.9 Å². The molecular weight excluding hydrogens is 222 g/mol. The van der Waals surface area contributed by atoms with Crippen molar-refractivity contribution in [1.82, 2.24) is 4.90 Å². The number of nitriles is 1. The van der Waals surface area contributed by atoms with Gasteiger partial charge in [0.15, 0.2) is 0 Å². The van der Waals surface area contributed by atoms with Gasteiger partial charge in [0.05, 0.1) is 11.5 Å².